The average molecular weight is 608 g/mol. The molecule has 40 heavy (non-hydrogen) atoms. The van der Waals surface area contributed by atoms with E-state index in [9.17, 15) is 49.0 Å². The molecule has 208 valence electrons. The topological polar surface area (TPSA) is 215 Å². The largest absolute Gasteiger partial charge is 0.485 e. The molecular formula is C24H17NO12S3. The molecule has 5 aromatic rings. The van der Waals surface area contributed by atoms with Crippen molar-refractivity contribution in [2.45, 2.75) is 27.7 Å². The average Bonchev–Trinajstić information content (AvgIpc) is 2.85. The van der Waals surface area contributed by atoms with Crippen LogP contribution in [0.5, 0.6) is 5.75 Å². The molecule has 0 aliphatic carbocycles. The SMILES string of the molecule is CC(Oc1cc(S(=O)(=O)O)c2ccc3c(S(=O)(=O)O)cc(S(=O)(=O)O)c4ccc1c2c43)c1ccccc1[N+](=O)[O-]. The Bertz CT molecular complexity index is 2160. The van der Waals surface area contributed by atoms with Crippen molar-refractivity contribution in [2.24, 2.45) is 0 Å². The smallest absolute Gasteiger partial charge is 0.295 e. The summed E-state index contributed by atoms with van der Waals surface area (Å²) >= 11 is 0. The summed E-state index contributed by atoms with van der Waals surface area (Å²) < 4.78 is 109. The molecule has 0 amide bonds. The lowest BCUT2D eigenvalue weighted by atomic mass is 9.93. The van der Waals surface area contributed by atoms with E-state index in [1.54, 1.807) is 0 Å². The van der Waals surface area contributed by atoms with Crippen LogP contribution < -0.4 is 4.74 Å². The summed E-state index contributed by atoms with van der Waals surface area (Å²) in [5, 5.41) is 10.8. The van der Waals surface area contributed by atoms with Gasteiger partial charge in [0.05, 0.1) is 10.5 Å². The molecule has 5 aromatic carbocycles. The number of para-hydroxylation sites is 1. The zero-order valence-corrected chi connectivity index (χ0v) is 22.5. The van der Waals surface area contributed by atoms with Gasteiger partial charge in [0.15, 0.2) is 0 Å². The van der Waals surface area contributed by atoms with Gasteiger partial charge in [0.2, 0.25) is 0 Å². The van der Waals surface area contributed by atoms with Crippen molar-refractivity contribution >= 4 is 68.4 Å². The van der Waals surface area contributed by atoms with Gasteiger partial charge in [-0.15, -0.1) is 0 Å². The summed E-state index contributed by atoms with van der Waals surface area (Å²) in [7, 11) is -15.1. The second kappa shape index (κ2) is 9.05. The Morgan fingerprint density at radius 1 is 0.700 bits per heavy atom. The third-order valence-electron chi connectivity index (χ3n) is 6.46. The highest BCUT2D eigenvalue weighted by atomic mass is 32.2. The van der Waals surface area contributed by atoms with Gasteiger partial charge in [-0.25, -0.2) is 0 Å². The molecule has 0 radical (unpaired) electrons. The molecule has 1 unspecified atom stereocenters. The third-order valence-corrected chi connectivity index (χ3v) is 9.14. The van der Waals surface area contributed by atoms with Crippen molar-refractivity contribution in [1.82, 2.24) is 0 Å². The van der Waals surface area contributed by atoms with E-state index in [-0.39, 0.29) is 49.3 Å². The maximum Gasteiger partial charge on any atom is 0.295 e. The molecule has 0 aromatic heterocycles. The van der Waals surface area contributed by atoms with Gasteiger partial charge >= 0.3 is 0 Å². The molecule has 5 rings (SSSR count). The zero-order valence-electron chi connectivity index (χ0n) is 20.0. The van der Waals surface area contributed by atoms with E-state index in [0.29, 0.717) is 6.07 Å². The van der Waals surface area contributed by atoms with Crippen LogP contribution >= 0.6 is 0 Å². The van der Waals surface area contributed by atoms with E-state index in [2.05, 4.69) is 0 Å². The Morgan fingerprint density at radius 2 is 1.12 bits per heavy atom. The van der Waals surface area contributed by atoms with Crippen LogP contribution in [0.25, 0.3) is 32.3 Å². The molecule has 0 saturated heterocycles. The van der Waals surface area contributed by atoms with Crippen LogP contribution in [0.1, 0.15) is 18.6 Å². The van der Waals surface area contributed by atoms with Crippen LogP contribution in [0, 0.1) is 10.1 Å². The fraction of sp³-hybridized carbons (Fsp3) is 0.0833. The Hall–Kier alpha value is -3.93. The normalized spacial score (nSPS) is 13.7. The third kappa shape index (κ3) is 4.49. The first kappa shape index (κ1) is 27.6. The summed E-state index contributed by atoms with van der Waals surface area (Å²) in [6.45, 7) is 1.46. The quantitative estimate of drug-likeness (QED) is 0.102. The maximum absolute atomic E-state index is 12.4. The van der Waals surface area contributed by atoms with E-state index >= 15 is 0 Å². The predicted molar refractivity (Wildman–Crippen MR) is 142 cm³/mol. The van der Waals surface area contributed by atoms with Crippen molar-refractivity contribution in [3.63, 3.8) is 0 Å². The highest BCUT2D eigenvalue weighted by Gasteiger charge is 2.29. The number of benzene rings is 5. The van der Waals surface area contributed by atoms with Gasteiger partial charge in [-0.2, -0.15) is 25.3 Å². The summed E-state index contributed by atoms with van der Waals surface area (Å²) in [6, 6.07) is 12.0. The molecule has 0 aliphatic heterocycles. The monoisotopic (exact) mass is 607 g/mol. The van der Waals surface area contributed by atoms with E-state index in [1.165, 1.54) is 43.3 Å². The van der Waals surface area contributed by atoms with E-state index in [4.69, 9.17) is 4.74 Å². The van der Waals surface area contributed by atoms with Crippen LogP contribution in [-0.4, -0.2) is 43.8 Å². The zero-order chi connectivity index (χ0) is 29.4. The molecule has 0 heterocycles. The van der Waals surface area contributed by atoms with Gasteiger partial charge in [0.1, 0.15) is 26.5 Å². The summed E-state index contributed by atoms with van der Waals surface area (Å²) in [4.78, 5) is 8.45. The molecule has 0 aliphatic rings. The lowest BCUT2D eigenvalue weighted by molar-refractivity contribution is -0.386. The van der Waals surface area contributed by atoms with Gasteiger partial charge in [-0.05, 0) is 25.1 Å². The first-order valence-electron chi connectivity index (χ1n) is 11.1. The molecule has 0 saturated carbocycles. The van der Waals surface area contributed by atoms with E-state index in [1.807, 2.05) is 0 Å². The lowest BCUT2D eigenvalue weighted by Crippen LogP contribution is -2.09. The number of nitrogens with zero attached hydrogens (tertiary/aromatic N) is 1. The second-order valence-electron chi connectivity index (χ2n) is 8.82. The molecule has 16 heteroatoms. The minimum Gasteiger partial charge on any atom is -0.485 e. The fourth-order valence-electron chi connectivity index (χ4n) is 4.86. The van der Waals surface area contributed by atoms with Crippen molar-refractivity contribution in [2.75, 3.05) is 0 Å². The van der Waals surface area contributed by atoms with Gasteiger partial charge in [-0.1, -0.05) is 30.3 Å². The van der Waals surface area contributed by atoms with Crippen LogP contribution in [0.3, 0.4) is 0 Å². The molecular weight excluding hydrogens is 590 g/mol. The minimum atomic E-state index is -5.07. The molecule has 3 N–H and O–H groups in total. The maximum atomic E-state index is 12.4. The van der Waals surface area contributed by atoms with Crippen molar-refractivity contribution in [3.8, 4) is 5.75 Å². The second-order valence-corrected chi connectivity index (χ2v) is 13.0. The summed E-state index contributed by atoms with van der Waals surface area (Å²) in [5.41, 5.74) is -0.146. The molecule has 0 fully saturated rings. The fourth-order valence-corrected chi connectivity index (χ4v) is 7.06. The van der Waals surface area contributed by atoms with Gasteiger partial charge in [-0.3, -0.25) is 23.8 Å². The van der Waals surface area contributed by atoms with Crippen molar-refractivity contribution < 1.29 is 48.6 Å². The number of ether oxygens (including phenoxy) is 1. The van der Waals surface area contributed by atoms with Crippen LogP contribution in [0.15, 0.2) is 75.4 Å². The van der Waals surface area contributed by atoms with Crippen molar-refractivity contribution in [1.29, 1.82) is 0 Å². The Morgan fingerprint density at radius 3 is 1.60 bits per heavy atom. The van der Waals surface area contributed by atoms with Gasteiger partial charge in [0, 0.05) is 44.5 Å². The molecule has 0 bridgehead atoms. The van der Waals surface area contributed by atoms with Gasteiger partial charge < -0.3 is 4.74 Å². The Labute approximate surface area is 226 Å². The standard InChI is InChI=1S/C24H17NO12S3/c1-12(13-4-2-3-5-18(13)25(26)27)37-19-10-20(38(28,29)30)15-8-9-17-22(40(34,35)36)11-21(39(31,32)33)16-7-6-14(19)23(15)24(16)17/h2-12H,1H3,(H,28,29,30)(H,31,32,33)(H,34,35,36). The Kier molecular flexibility index (Phi) is 6.25. The van der Waals surface area contributed by atoms with Crippen molar-refractivity contribution in [3.05, 3.63) is 76.3 Å². The highest BCUT2D eigenvalue weighted by molar-refractivity contribution is 7.87. The predicted octanol–water partition coefficient (Wildman–Crippen LogP) is 4.37. The summed E-state index contributed by atoms with van der Waals surface area (Å²) in [6.07, 6.45) is -1.05. The number of nitro benzene ring substituents is 1. The van der Waals surface area contributed by atoms with Crippen LogP contribution in [-0.2, 0) is 30.4 Å². The van der Waals surface area contributed by atoms with Crippen LogP contribution in [0.4, 0.5) is 5.69 Å². The molecule has 1 atom stereocenters. The highest BCUT2D eigenvalue weighted by Crippen LogP contribution is 2.46. The lowest BCUT2D eigenvalue weighted by Gasteiger charge is -2.21. The number of rotatable bonds is 7. The number of hydrogen-bond acceptors (Lipinski definition) is 9. The van der Waals surface area contributed by atoms with Gasteiger partial charge in [0.25, 0.3) is 36.0 Å². The van der Waals surface area contributed by atoms with E-state index in [0.717, 1.165) is 18.2 Å². The first-order chi connectivity index (χ1) is 18.5. The summed E-state index contributed by atoms with van der Waals surface area (Å²) in [5.74, 6) is -0.203. The molecule has 0 spiro atoms. The molecule has 13 nitrogen and oxygen atoms in total. The van der Waals surface area contributed by atoms with E-state index < -0.39 is 56.1 Å². The number of hydrogen-bond donors (Lipinski definition) is 3. The number of nitro groups is 1. The Balaban J connectivity index is 1.94. The minimum absolute atomic E-state index is 0.0784. The van der Waals surface area contributed by atoms with Crippen LogP contribution in [0.2, 0.25) is 0 Å². The first-order valence-corrected chi connectivity index (χ1v) is 15.4.